The predicted molar refractivity (Wildman–Crippen MR) is 76.2 cm³/mol. The molecule has 0 aliphatic heterocycles. The third-order valence-corrected chi connectivity index (χ3v) is 4.29. The van der Waals surface area contributed by atoms with Crippen LogP contribution in [0.25, 0.3) is 11.2 Å². The molecular weight excluding hydrogens is 286 g/mol. The number of sulfone groups is 1. The molecule has 0 N–H and O–H groups in total. The Bertz CT molecular complexity index is 709. The summed E-state index contributed by atoms with van der Waals surface area (Å²) in [6.45, 7) is 3.78. The number of pyridine rings is 1. The summed E-state index contributed by atoms with van der Waals surface area (Å²) < 4.78 is 24.7. The van der Waals surface area contributed by atoms with E-state index in [4.69, 9.17) is 11.6 Å². The maximum absolute atomic E-state index is 11.5. The summed E-state index contributed by atoms with van der Waals surface area (Å²) in [7, 11) is -3.07. The molecule has 0 spiro atoms. The van der Waals surface area contributed by atoms with Crippen molar-refractivity contribution in [3.05, 3.63) is 23.7 Å². The lowest BCUT2D eigenvalue weighted by molar-refractivity contribution is 0.559. The van der Waals surface area contributed by atoms with Crippen LogP contribution >= 0.6 is 11.6 Å². The van der Waals surface area contributed by atoms with E-state index in [9.17, 15) is 8.42 Å². The molecule has 0 amide bonds. The number of hydrogen-bond donors (Lipinski definition) is 0. The number of halogens is 1. The third kappa shape index (κ3) is 2.90. The fourth-order valence-corrected chi connectivity index (χ4v) is 3.44. The SMILES string of the molecule is Cc1ccnc2c1nc(CCl)n2C(C)CS(C)(=O)=O. The molecule has 2 aromatic rings. The second-order valence-corrected chi connectivity index (χ2v) is 7.23. The molecule has 5 nitrogen and oxygen atoms in total. The van der Waals surface area contributed by atoms with Crippen molar-refractivity contribution in [1.82, 2.24) is 14.5 Å². The second-order valence-electron chi connectivity index (χ2n) is 4.77. The van der Waals surface area contributed by atoms with E-state index < -0.39 is 9.84 Å². The molecule has 104 valence electrons. The molecule has 0 aliphatic rings. The Balaban J connectivity index is 2.61. The van der Waals surface area contributed by atoms with Crippen LogP contribution in [0, 0.1) is 6.92 Å². The molecule has 19 heavy (non-hydrogen) atoms. The van der Waals surface area contributed by atoms with Crippen LogP contribution < -0.4 is 0 Å². The van der Waals surface area contributed by atoms with Gasteiger partial charge in [0.15, 0.2) is 5.65 Å². The van der Waals surface area contributed by atoms with Gasteiger partial charge >= 0.3 is 0 Å². The number of imidazole rings is 1. The monoisotopic (exact) mass is 301 g/mol. The first kappa shape index (κ1) is 14.3. The van der Waals surface area contributed by atoms with E-state index >= 15 is 0 Å². The fourth-order valence-electron chi connectivity index (χ4n) is 2.23. The Hall–Kier alpha value is -1.14. The second kappa shape index (κ2) is 5.09. The summed E-state index contributed by atoms with van der Waals surface area (Å²) in [5.74, 6) is 0.914. The van der Waals surface area contributed by atoms with Crippen LogP contribution in [0.1, 0.15) is 24.4 Å². The number of fused-ring (bicyclic) bond motifs is 1. The third-order valence-electron chi connectivity index (χ3n) is 2.96. The van der Waals surface area contributed by atoms with Crippen LogP contribution in [0.3, 0.4) is 0 Å². The summed E-state index contributed by atoms with van der Waals surface area (Å²) in [6, 6.07) is 1.63. The normalized spacial score (nSPS) is 13.9. The van der Waals surface area contributed by atoms with Gasteiger partial charge in [0.1, 0.15) is 21.2 Å². The zero-order valence-electron chi connectivity index (χ0n) is 11.1. The van der Waals surface area contributed by atoms with Gasteiger partial charge in [0.2, 0.25) is 0 Å². The number of aromatic nitrogens is 3. The predicted octanol–water partition coefficient (Wildman–Crippen LogP) is 2.08. The Morgan fingerprint density at radius 3 is 2.74 bits per heavy atom. The van der Waals surface area contributed by atoms with E-state index in [0.29, 0.717) is 11.5 Å². The molecule has 1 unspecified atom stereocenters. The Labute approximate surface area is 117 Å². The lowest BCUT2D eigenvalue weighted by Gasteiger charge is -2.15. The van der Waals surface area contributed by atoms with Gasteiger partial charge in [-0.15, -0.1) is 11.6 Å². The maximum Gasteiger partial charge on any atom is 0.160 e. The molecule has 0 radical (unpaired) electrons. The topological polar surface area (TPSA) is 64.8 Å². The summed E-state index contributed by atoms with van der Waals surface area (Å²) in [4.78, 5) is 8.76. The first-order valence-corrected chi connectivity index (χ1v) is 8.49. The molecule has 0 aliphatic carbocycles. The summed E-state index contributed by atoms with van der Waals surface area (Å²) >= 11 is 5.91. The van der Waals surface area contributed by atoms with E-state index in [0.717, 1.165) is 11.1 Å². The van der Waals surface area contributed by atoms with E-state index in [-0.39, 0.29) is 17.7 Å². The van der Waals surface area contributed by atoms with Gasteiger partial charge in [-0.1, -0.05) is 0 Å². The van der Waals surface area contributed by atoms with Gasteiger partial charge in [-0.3, -0.25) is 0 Å². The van der Waals surface area contributed by atoms with Gasteiger partial charge in [0.05, 0.1) is 11.6 Å². The number of alkyl halides is 1. The zero-order chi connectivity index (χ0) is 14.2. The van der Waals surface area contributed by atoms with Gasteiger partial charge in [-0.25, -0.2) is 18.4 Å². The van der Waals surface area contributed by atoms with Crippen LogP contribution in [0.15, 0.2) is 12.3 Å². The number of nitrogens with zero attached hydrogens (tertiary/aromatic N) is 3. The highest BCUT2D eigenvalue weighted by atomic mass is 35.5. The molecule has 2 aromatic heterocycles. The molecule has 2 rings (SSSR count). The van der Waals surface area contributed by atoms with Gasteiger partial charge in [0, 0.05) is 18.5 Å². The molecular formula is C12H16ClN3O2S. The first-order chi connectivity index (χ1) is 8.83. The minimum absolute atomic E-state index is 0.0397. The minimum atomic E-state index is -3.07. The largest absolute Gasteiger partial charge is 0.308 e. The minimum Gasteiger partial charge on any atom is -0.308 e. The van der Waals surface area contributed by atoms with Crippen LogP contribution in [0.4, 0.5) is 0 Å². The van der Waals surface area contributed by atoms with Gasteiger partial charge in [0.25, 0.3) is 0 Å². The van der Waals surface area contributed by atoms with Crippen LogP contribution in [-0.2, 0) is 15.7 Å². The molecule has 2 heterocycles. The molecule has 0 saturated heterocycles. The first-order valence-electron chi connectivity index (χ1n) is 5.89. The lowest BCUT2D eigenvalue weighted by atomic mass is 10.2. The van der Waals surface area contributed by atoms with Crippen molar-refractivity contribution in [2.45, 2.75) is 25.8 Å². The highest BCUT2D eigenvalue weighted by Gasteiger charge is 2.20. The number of hydrogen-bond acceptors (Lipinski definition) is 4. The number of rotatable bonds is 4. The van der Waals surface area contributed by atoms with Crippen molar-refractivity contribution in [2.75, 3.05) is 12.0 Å². The van der Waals surface area contributed by atoms with E-state index in [1.807, 2.05) is 24.5 Å². The highest BCUT2D eigenvalue weighted by Crippen LogP contribution is 2.23. The molecule has 0 fully saturated rings. The Morgan fingerprint density at radius 1 is 1.47 bits per heavy atom. The van der Waals surface area contributed by atoms with Crippen molar-refractivity contribution < 1.29 is 8.42 Å². The smallest absolute Gasteiger partial charge is 0.160 e. The molecule has 0 saturated carbocycles. The van der Waals surface area contributed by atoms with Crippen molar-refractivity contribution in [3.63, 3.8) is 0 Å². The Kier molecular flexibility index (Phi) is 3.82. The summed E-state index contributed by atoms with van der Waals surface area (Å²) in [5, 5.41) is 0. The van der Waals surface area contributed by atoms with Crippen molar-refractivity contribution in [3.8, 4) is 0 Å². The summed E-state index contributed by atoms with van der Waals surface area (Å²) in [6.07, 6.45) is 2.92. The van der Waals surface area contributed by atoms with Crippen molar-refractivity contribution >= 4 is 32.6 Å². The maximum atomic E-state index is 11.5. The van der Waals surface area contributed by atoms with E-state index in [1.165, 1.54) is 6.26 Å². The zero-order valence-corrected chi connectivity index (χ0v) is 12.7. The molecule has 0 aromatic carbocycles. The average Bonchev–Trinajstić information content (AvgIpc) is 2.66. The van der Waals surface area contributed by atoms with E-state index in [2.05, 4.69) is 9.97 Å². The Morgan fingerprint density at radius 2 is 2.16 bits per heavy atom. The molecule has 1 atom stereocenters. The van der Waals surface area contributed by atoms with Gasteiger partial charge in [-0.05, 0) is 25.5 Å². The van der Waals surface area contributed by atoms with Crippen LogP contribution in [0.2, 0.25) is 0 Å². The van der Waals surface area contributed by atoms with Gasteiger partial charge in [-0.2, -0.15) is 0 Å². The highest BCUT2D eigenvalue weighted by molar-refractivity contribution is 7.90. The number of aryl methyl sites for hydroxylation is 1. The van der Waals surface area contributed by atoms with Crippen molar-refractivity contribution in [2.24, 2.45) is 0 Å². The standard InChI is InChI=1S/C12H16ClN3O2S/c1-8-4-5-14-12-11(8)15-10(6-13)16(12)9(2)7-19(3,17)18/h4-5,9H,6-7H2,1-3H3. The average molecular weight is 302 g/mol. The lowest BCUT2D eigenvalue weighted by Crippen LogP contribution is -2.18. The van der Waals surface area contributed by atoms with Crippen LogP contribution in [0.5, 0.6) is 0 Å². The quantitative estimate of drug-likeness (QED) is 0.811. The summed E-state index contributed by atoms with van der Waals surface area (Å²) in [5.41, 5.74) is 2.46. The van der Waals surface area contributed by atoms with E-state index in [1.54, 1.807) is 6.20 Å². The fraction of sp³-hybridized carbons (Fsp3) is 0.500. The van der Waals surface area contributed by atoms with Gasteiger partial charge < -0.3 is 4.57 Å². The molecule has 0 bridgehead atoms. The van der Waals surface area contributed by atoms with Crippen molar-refractivity contribution in [1.29, 1.82) is 0 Å². The molecule has 7 heteroatoms. The van der Waals surface area contributed by atoms with Crippen LogP contribution in [-0.4, -0.2) is 35.0 Å².